The van der Waals surface area contributed by atoms with Gasteiger partial charge in [0.1, 0.15) is 0 Å². The monoisotopic (exact) mass is 364 g/mol. The fraction of sp³-hybridized carbons (Fsp3) is 0.478. The molecule has 2 saturated heterocycles. The maximum atomic E-state index is 2.61. The minimum Gasteiger partial charge on any atom is -0.363 e. The summed E-state index contributed by atoms with van der Waals surface area (Å²) in [7, 11) is 0. The Labute approximate surface area is 161 Å². The quantitative estimate of drug-likeness (QED) is 0.742. The lowest BCUT2D eigenvalue weighted by Crippen LogP contribution is -2.21. The van der Waals surface area contributed by atoms with Crippen LogP contribution < -0.4 is 4.90 Å². The Morgan fingerprint density at radius 1 is 1.00 bits per heavy atom. The number of hydrogen-bond donors (Lipinski definition) is 0. The van der Waals surface area contributed by atoms with Crippen molar-refractivity contribution >= 4 is 21.9 Å². The smallest absolute Gasteiger partial charge is 0.0908 e. The summed E-state index contributed by atoms with van der Waals surface area (Å²) >= 11 is 1.88. The Balaban J connectivity index is 1.24. The highest BCUT2D eigenvalue weighted by Gasteiger charge is 2.38. The van der Waals surface area contributed by atoms with E-state index in [-0.39, 0.29) is 0 Å². The van der Waals surface area contributed by atoms with Crippen molar-refractivity contribution in [2.75, 3.05) is 37.6 Å². The van der Waals surface area contributed by atoms with Crippen molar-refractivity contribution in [3.63, 3.8) is 0 Å². The summed E-state index contributed by atoms with van der Waals surface area (Å²) in [5.41, 5.74) is 4.54. The van der Waals surface area contributed by atoms with Crippen molar-refractivity contribution < 1.29 is 0 Å². The summed E-state index contributed by atoms with van der Waals surface area (Å²) in [6, 6.07) is 13.9. The third-order valence-electron chi connectivity index (χ3n) is 6.50. The lowest BCUT2D eigenvalue weighted by molar-refractivity contribution is 0.343. The first-order valence-corrected chi connectivity index (χ1v) is 11.0. The number of fused-ring (bicyclic) bond motifs is 1. The predicted molar refractivity (Wildman–Crippen MR) is 112 cm³/mol. The topological polar surface area (TPSA) is 6.48 Å². The van der Waals surface area contributed by atoms with Gasteiger partial charge in [0.05, 0.1) is 5.00 Å². The molecule has 3 aliphatic rings. The van der Waals surface area contributed by atoms with Crippen molar-refractivity contribution in [1.82, 2.24) is 4.90 Å². The highest BCUT2D eigenvalue weighted by molar-refractivity contribution is 7.14. The zero-order chi connectivity index (χ0) is 17.3. The molecule has 0 spiro atoms. The van der Waals surface area contributed by atoms with Gasteiger partial charge in [-0.25, -0.2) is 0 Å². The van der Waals surface area contributed by atoms with Gasteiger partial charge >= 0.3 is 0 Å². The van der Waals surface area contributed by atoms with Gasteiger partial charge in [0.15, 0.2) is 0 Å². The van der Waals surface area contributed by atoms with E-state index in [4.69, 9.17) is 0 Å². The largest absolute Gasteiger partial charge is 0.363 e. The van der Waals surface area contributed by atoms with Gasteiger partial charge in [0, 0.05) is 25.6 Å². The molecule has 2 unspecified atom stereocenters. The molecule has 0 saturated carbocycles. The number of thiophene rings is 1. The normalized spacial score (nSPS) is 25.7. The number of allylic oxidation sites excluding steroid dienone is 1. The van der Waals surface area contributed by atoms with Crippen LogP contribution in [0.4, 0.5) is 5.00 Å². The molecule has 2 nitrogen and oxygen atoms in total. The second-order valence-corrected chi connectivity index (χ2v) is 9.04. The van der Waals surface area contributed by atoms with Gasteiger partial charge < -0.3 is 9.80 Å². The number of rotatable bonds is 5. The molecular weight excluding hydrogens is 336 g/mol. The molecule has 1 aromatic heterocycles. The van der Waals surface area contributed by atoms with Crippen molar-refractivity contribution in [2.24, 2.45) is 11.8 Å². The van der Waals surface area contributed by atoms with E-state index in [1.54, 1.807) is 5.57 Å². The molecular formula is C23H28N2S. The van der Waals surface area contributed by atoms with E-state index in [1.807, 2.05) is 11.3 Å². The summed E-state index contributed by atoms with van der Waals surface area (Å²) in [5.74, 6) is 1.52. The predicted octanol–water partition coefficient (Wildman–Crippen LogP) is 4.93. The maximum absolute atomic E-state index is 2.61. The van der Waals surface area contributed by atoms with Crippen LogP contribution in [0.15, 0.2) is 47.9 Å². The first-order valence-electron chi connectivity index (χ1n) is 10.2. The number of likely N-dealkylation sites (tertiary alicyclic amines) is 1. The Morgan fingerprint density at radius 2 is 1.85 bits per heavy atom. The second kappa shape index (κ2) is 7.21. The zero-order valence-corrected chi connectivity index (χ0v) is 16.3. The molecule has 0 bridgehead atoms. The Morgan fingerprint density at radius 3 is 2.62 bits per heavy atom. The van der Waals surface area contributed by atoms with E-state index >= 15 is 0 Å². The van der Waals surface area contributed by atoms with Crippen molar-refractivity contribution in [3.8, 4) is 0 Å². The van der Waals surface area contributed by atoms with E-state index < -0.39 is 0 Å². The van der Waals surface area contributed by atoms with Crippen LogP contribution in [0.3, 0.4) is 0 Å². The Hall–Kier alpha value is -1.58. The zero-order valence-electron chi connectivity index (χ0n) is 15.4. The van der Waals surface area contributed by atoms with E-state index in [2.05, 4.69) is 57.7 Å². The third kappa shape index (κ3) is 3.23. The van der Waals surface area contributed by atoms with Gasteiger partial charge in [-0.05, 0) is 78.9 Å². The average Bonchev–Trinajstić information content (AvgIpc) is 3.45. The van der Waals surface area contributed by atoms with Crippen molar-refractivity contribution in [2.45, 2.75) is 25.7 Å². The van der Waals surface area contributed by atoms with Gasteiger partial charge in [-0.3, -0.25) is 0 Å². The summed E-state index contributed by atoms with van der Waals surface area (Å²) in [6.45, 7) is 6.24. The lowest BCUT2D eigenvalue weighted by atomic mass is 9.90. The molecule has 0 amide bonds. The van der Waals surface area contributed by atoms with Crippen LogP contribution in [0, 0.1) is 11.8 Å². The van der Waals surface area contributed by atoms with Crippen LogP contribution in [0.5, 0.6) is 0 Å². The molecule has 2 aromatic rings. The lowest BCUT2D eigenvalue weighted by Gasteiger charge is -2.18. The Bertz CT molecular complexity index is 756. The first kappa shape index (κ1) is 16.6. The summed E-state index contributed by atoms with van der Waals surface area (Å²) in [5, 5.41) is 3.64. The van der Waals surface area contributed by atoms with Crippen LogP contribution in [0.25, 0.3) is 5.57 Å². The van der Waals surface area contributed by atoms with E-state index in [1.165, 1.54) is 74.5 Å². The van der Waals surface area contributed by atoms with Gasteiger partial charge in [-0.15, -0.1) is 11.3 Å². The number of hydrogen-bond acceptors (Lipinski definition) is 3. The van der Waals surface area contributed by atoms with Crippen LogP contribution in [0.1, 0.15) is 30.4 Å². The molecule has 5 rings (SSSR count). The first-order chi connectivity index (χ1) is 12.9. The Kier molecular flexibility index (Phi) is 4.60. The molecule has 2 aliphatic heterocycles. The molecule has 2 atom stereocenters. The van der Waals surface area contributed by atoms with Crippen molar-refractivity contribution in [1.29, 1.82) is 0 Å². The molecule has 3 heteroatoms. The molecule has 0 radical (unpaired) electrons. The molecule has 26 heavy (non-hydrogen) atoms. The fourth-order valence-corrected chi connectivity index (χ4v) is 5.76. The maximum Gasteiger partial charge on any atom is 0.0908 e. The summed E-state index contributed by atoms with van der Waals surface area (Å²) < 4.78 is 0. The van der Waals surface area contributed by atoms with Gasteiger partial charge in [0.2, 0.25) is 0 Å². The molecule has 1 aromatic carbocycles. The minimum atomic E-state index is 0.715. The summed E-state index contributed by atoms with van der Waals surface area (Å²) in [6.07, 6.45) is 7.73. The third-order valence-corrected chi connectivity index (χ3v) is 7.43. The van der Waals surface area contributed by atoms with Crippen LogP contribution >= 0.6 is 11.3 Å². The van der Waals surface area contributed by atoms with Crippen molar-refractivity contribution in [3.05, 3.63) is 59.0 Å². The van der Waals surface area contributed by atoms with E-state index in [9.17, 15) is 0 Å². The molecule has 2 fully saturated rings. The van der Waals surface area contributed by atoms with Crippen LogP contribution in [-0.2, 0) is 6.42 Å². The van der Waals surface area contributed by atoms with Gasteiger partial charge in [0.25, 0.3) is 0 Å². The van der Waals surface area contributed by atoms with Gasteiger partial charge in [-0.2, -0.15) is 0 Å². The van der Waals surface area contributed by atoms with E-state index in [0.717, 1.165) is 5.92 Å². The number of nitrogens with zero attached hydrogens (tertiary/aromatic N) is 2. The number of benzene rings is 1. The van der Waals surface area contributed by atoms with Crippen LogP contribution in [0.2, 0.25) is 0 Å². The molecule has 1 aliphatic carbocycles. The highest BCUT2D eigenvalue weighted by atomic mass is 32.1. The molecule has 3 heterocycles. The fourth-order valence-electron chi connectivity index (χ4n) is 5.01. The average molecular weight is 365 g/mol. The molecule has 136 valence electrons. The highest BCUT2D eigenvalue weighted by Crippen LogP contribution is 2.44. The minimum absolute atomic E-state index is 0.715. The SMILES string of the molecule is C1=C(c2ccc(CCN3CCCC3)cc2)C2CN(c3cccs3)CC2C1. The van der Waals surface area contributed by atoms with Gasteiger partial charge in [-0.1, -0.05) is 30.3 Å². The summed E-state index contributed by atoms with van der Waals surface area (Å²) in [4.78, 5) is 5.20. The number of anilines is 1. The van der Waals surface area contributed by atoms with Crippen LogP contribution in [-0.4, -0.2) is 37.6 Å². The second-order valence-electron chi connectivity index (χ2n) is 8.11. The molecule has 0 N–H and O–H groups in total. The standard InChI is InChI=1S/C23H28N2S/c1-2-13-24(12-1)14-11-18-5-7-19(8-6-18)21-10-9-20-16-25(17-22(20)21)23-4-3-15-26-23/h3-8,10,15,20,22H,1-2,9,11-14,16-17H2. The van der Waals surface area contributed by atoms with E-state index in [0.29, 0.717) is 5.92 Å².